The van der Waals surface area contributed by atoms with Crippen molar-refractivity contribution in [2.75, 3.05) is 0 Å². The van der Waals surface area contributed by atoms with E-state index in [2.05, 4.69) is 86.7 Å². The van der Waals surface area contributed by atoms with Crippen LogP contribution in [-0.2, 0) is 31.9 Å². The standard InChI is InChI=1S/C38H40O4/c1-3-5-16-31-29-18-19-37(24-27-14-10-7-11-15-27)28-17-20-38(34(37)33(29)36(40)41-31)30(23-28)35(39)42-32(38)22-25(4-2)21-26-12-8-6-9-13-26/h6-16,22-23,25,28,34H,3-5,17-21,24H2,1-2H3/b31-16-,32-22?/t25-,28+,34+,37-,38-/m1/s1. The Morgan fingerprint density at radius 1 is 0.929 bits per heavy atom. The third-order valence-electron chi connectivity index (χ3n) is 10.8. The average molecular weight is 561 g/mol. The lowest BCUT2D eigenvalue weighted by atomic mass is 9.39. The highest BCUT2D eigenvalue weighted by atomic mass is 16.5. The van der Waals surface area contributed by atoms with E-state index >= 15 is 0 Å². The fourth-order valence-electron chi connectivity index (χ4n) is 8.92. The van der Waals surface area contributed by atoms with Crippen molar-refractivity contribution in [2.24, 2.45) is 28.6 Å². The molecule has 0 radical (unpaired) electrons. The van der Waals surface area contributed by atoms with Crippen molar-refractivity contribution in [3.05, 3.63) is 118 Å². The summed E-state index contributed by atoms with van der Waals surface area (Å²) in [4.78, 5) is 27.6. The van der Waals surface area contributed by atoms with Crippen molar-refractivity contribution < 1.29 is 19.1 Å². The Morgan fingerprint density at radius 2 is 1.67 bits per heavy atom. The van der Waals surface area contributed by atoms with E-state index in [0.29, 0.717) is 0 Å². The molecule has 1 saturated carbocycles. The lowest BCUT2D eigenvalue weighted by Gasteiger charge is -2.61. The van der Waals surface area contributed by atoms with Crippen LogP contribution in [0, 0.1) is 28.6 Å². The zero-order valence-corrected chi connectivity index (χ0v) is 24.7. The molecule has 0 amide bonds. The highest BCUT2D eigenvalue weighted by Gasteiger charge is 2.71. The van der Waals surface area contributed by atoms with E-state index in [0.717, 1.165) is 86.0 Å². The van der Waals surface area contributed by atoms with Gasteiger partial charge in [0.25, 0.3) is 0 Å². The molecule has 6 aliphatic rings. The maximum absolute atomic E-state index is 13.9. The van der Waals surface area contributed by atoms with Gasteiger partial charge < -0.3 is 9.47 Å². The minimum absolute atomic E-state index is 0.153. The van der Waals surface area contributed by atoms with Crippen molar-refractivity contribution in [2.45, 2.75) is 71.6 Å². The second kappa shape index (κ2) is 10.6. The minimum Gasteiger partial charge on any atom is -0.427 e. The Kier molecular flexibility index (Phi) is 6.84. The highest BCUT2D eigenvalue weighted by molar-refractivity contribution is 6.00. The number of ether oxygens (including phenoxy) is 2. The van der Waals surface area contributed by atoms with Gasteiger partial charge in [0.05, 0.1) is 5.41 Å². The van der Waals surface area contributed by atoms with Crippen LogP contribution in [0.25, 0.3) is 0 Å². The van der Waals surface area contributed by atoms with Gasteiger partial charge in [0.1, 0.15) is 11.5 Å². The summed E-state index contributed by atoms with van der Waals surface area (Å²) in [5, 5.41) is 0. The first kappa shape index (κ1) is 27.2. The summed E-state index contributed by atoms with van der Waals surface area (Å²) in [5.74, 6) is 1.36. The quantitative estimate of drug-likeness (QED) is 0.305. The molecule has 2 bridgehead atoms. The second-order valence-corrected chi connectivity index (χ2v) is 12.9. The molecule has 1 spiro atoms. The van der Waals surface area contributed by atoms with E-state index in [4.69, 9.17) is 9.47 Å². The molecule has 2 fully saturated rings. The maximum atomic E-state index is 13.9. The van der Waals surface area contributed by atoms with Crippen LogP contribution in [0.2, 0.25) is 0 Å². The van der Waals surface area contributed by atoms with E-state index in [1.807, 2.05) is 6.07 Å². The smallest absolute Gasteiger partial charge is 0.340 e. The van der Waals surface area contributed by atoms with Crippen LogP contribution >= 0.6 is 0 Å². The minimum atomic E-state index is -0.634. The summed E-state index contributed by atoms with van der Waals surface area (Å²) in [6.07, 6.45) is 14.8. The van der Waals surface area contributed by atoms with Crippen molar-refractivity contribution in [3.63, 3.8) is 0 Å². The van der Waals surface area contributed by atoms with Crippen molar-refractivity contribution >= 4 is 11.9 Å². The molecule has 2 aliphatic heterocycles. The molecule has 2 aromatic rings. The van der Waals surface area contributed by atoms with Gasteiger partial charge in [-0.3, -0.25) is 0 Å². The molecule has 5 atom stereocenters. The predicted molar refractivity (Wildman–Crippen MR) is 163 cm³/mol. The Bertz CT molecular complexity index is 1530. The zero-order valence-electron chi connectivity index (χ0n) is 24.7. The Morgan fingerprint density at radius 3 is 2.38 bits per heavy atom. The normalized spacial score (nSPS) is 31.9. The summed E-state index contributed by atoms with van der Waals surface area (Å²) >= 11 is 0. The van der Waals surface area contributed by atoms with Gasteiger partial charge in [-0.2, -0.15) is 0 Å². The number of rotatable bonds is 8. The van der Waals surface area contributed by atoms with Gasteiger partial charge in [0.2, 0.25) is 0 Å². The summed E-state index contributed by atoms with van der Waals surface area (Å²) < 4.78 is 12.3. The van der Waals surface area contributed by atoms with Crippen LogP contribution in [0.4, 0.5) is 0 Å². The third-order valence-corrected chi connectivity index (χ3v) is 10.8. The van der Waals surface area contributed by atoms with E-state index in [9.17, 15) is 9.59 Å². The first-order valence-electron chi connectivity index (χ1n) is 15.9. The van der Waals surface area contributed by atoms with Gasteiger partial charge in [0.15, 0.2) is 0 Å². The molecule has 2 aromatic carbocycles. The number of allylic oxidation sites excluding steroid dienone is 5. The first-order chi connectivity index (χ1) is 20.5. The van der Waals surface area contributed by atoms with Crippen LogP contribution in [0.15, 0.2) is 107 Å². The summed E-state index contributed by atoms with van der Waals surface area (Å²) in [7, 11) is 0. The van der Waals surface area contributed by atoms with Crippen LogP contribution in [0.1, 0.15) is 69.9 Å². The summed E-state index contributed by atoms with van der Waals surface area (Å²) in [6.45, 7) is 4.34. The van der Waals surface area contributed by atoms with Gasteiger partial charge in [-0.1, -0.05) is 87.0 Å². The van der Waals surface area contributed by atoms with Crippen molar-refractivity contribution in [3.8, 4) is 0 Å². The molecule has 0 N–H and O–H groups in total. The summed E-state index contributed by atoms with van der Waals surface area (Å²) in [5.41, 5.74) is 4.40. The molecular weight excluding hydrogens is 520 g/mol. The van der Waals surface area contributed by atoms with Gasteiger partial charge in [0, 0.05) is 22.6 Å². The van der Waals surface area contributed by atoms with E-state index in [-0.39, 0.29) is 35.1 Å². The number of unbranched alkanes of at least 4 members (excludes halogenated alkanes) is 1. The van der Waals surface area contributed by atoms with Crippen LogP contribution in [0.5, 0.6) is 0 Å². The molecule has 8 rings (SSSR count). The molecule has 42 heavy (non-hydrogen) atoms. The lowest BCUT2D eigenvalue weighted by molar-refractivity contribution is -0.136. The Balaban J connectivity index is 1.41. The van der Waals surface area contributed by atoms with E-state index in [1.54, 1.807) is 0 Å². The third kappa shape index (κ3) is 4.09. The molecule has 0 unspecified atom stereocenters. The fraction of sp³-hybridized carbons (Fsp3) is 0.421. The maximum Gasteiger partial charge on any atom is 0.340 e. The topological polar surface area (TPSA) is 52.6 Å². The number of carbonyl (C=O) groups excluding carboxylic acids is 2. The number of carbonyl (C=O) groups is 2. The number of cyclic esters (lactones) is 2. The highest BCUT2D eigenvalue weighted by Crippen LogP contribution is 2.73. The van der Waals surface area contributed by atoms with Gasteiger partial charge >= 0.3 is 11.9 Å². The second-order valence-electron chi connectivity index (χ2n) is 12.9. The van der Waals surface area contributed by atoms with Gasteiger partial charge in [-0.25, -0.2) is 9.59 Å². The molecule has 4 nitrogen and oxygen atoms in total. The molecule has 216 valence electrons. The summed E-state index contributed by atoms with van der Waals surface area (Å²) in [6, 6.07) is 21.2. The number of esters is 2. The van der Waals surface area contributed by atoms with Crippen LogP contribution in [-0.4, -0.2) is 11.9 Å². The monoisotopic (exact) mass is 560 g/mol. The number of benzene rings is 2. The Hall–Kier alpha value is -3.66. The first-order valence-corrected chi connectivity index (χ1v) is 15.9. The van der Waals surface area contributed by atoms with Crippen molar-refractivity contribution in [1.29, 1.82) is 0 Å². The van der Waals surface area contributed by atoms with Crippen molar-refractivity contribution in [1.82, 2.24) is 0 Å². The molecule has 4 aliphatic carbocycles. The largest absolute Gasteiger partial charge is 0.427 e. The SMILES string of the molecule is CCC/C=C1\OC(=O)C2=C1CC[C@@]1(Cc3ccccc3)[C@@H]3C=C4C(=O)OC(=C[C@H](CC)Cc5ccccc5)[C@]4(CC3)[C@@H]21. The van der Waals surface area contributed by atoms with Crippen LogP contribution in [0.3, 0.4) is 0 Å². The van der Waals surface area contributed by atoms with Gasteiger partial charge in [-0.15, -0.1) is 0 Å². The van der Waals surface area contributed by atoms with E-state index in [1.165, 1.54) is 11.1 Å². The number of fused-ring (bicyclic) bond motifs is 1. The molecule has 1 saturated heterocycles. The van der Waals surface area contributed by atoms with Gasteiger partial charge in [-0.05, 0) is 91.9 Å². The molecule has 0 aromatic heterocycles. The Labute approximate surface area is 249 Å². The van der Waals surface area contributed by atoms with E-state index < -0.39 is 5.41 Å². The molecule has 2 heterocycles. The predicted octanol–water partition coefficient (Wildman–Crippen LogP) is 8.21. The lowest BCUT2D eigenvalue weighted by Crippen LogP contribution is -2.58. The number of hydrogen-bond acceptors (Lipinski definition) is 4. The van der Waals surface area contributed by atoms with Crippen LogP contribution < -0.4 is 0 Å². The zero-order chi connectivity index (χ0) is 28.9. The average Bonchev–Trinajstić information content (AvgIpc) is 3.49. The molecule has 4 heteroatoms. The molecular formula is C38H40O4. The number of hydrogen-bond donors (Lipinski definition) is 0. The fourth-order valence-corrected chi connectivity index (χ4v) is 8.92.